The van der Waals surface area contributed by atoms with E-state index in [0.717, 1.165) is 0 Å². The lowest BCUT2D eigenvalue weighted by atomic mass is 10.2. The Kier molecular flexibility index (Phi) is 5.56. The van der Waals surface area contributed by atoms with Crippen molar-refractivity contribution < 1.29 is 13.2 Å². The zero-order valence-corrected chi connectivity index (χ0v) is 15.0. The molecule has 0 saturated carbocycles. The monoisotopic (exact) mass is 352 g/mol. The molecule has 1 heterocycles. The van der Waals surface area contributed by atoms with Crippen LogP contribution in [0.5, 0.6) is 0 Å². The molecular formula is C16H20N2O3S2. The van der Waals surface area contributed by atoms with E-state index in [1.54, 1.807) is 45.0 Å². The molecule has 1 amide bonds. The molecule has 2 aromatic rings. The summed E-state index contributed by atoms with van der Waals surface area (Å²) in [5, 5.41) is 4.57. The van der Waals surface area contributed by atoms with Crippen molar-refractivity contribution >= 4 is 33.0 Å². The third kappa shape index (κ3) is 3.80. The number of hydrogen-bond donors (Lipinski definition) is 1. The number of sulfonamides is 1. The number of nitrogens with zero attached hydrogens (tertiary/aromatic N) is 1. The Morgan fingerprint density at radius 2 is 1.91 bits per heavy atom. The van der Waals surface area contributed by atoms with Crippen molar-refractivity contribution in [1.29, 1.82) is 0 Å². The summed E-state index contributed by atoms with van der Waals surface area (Å²) >= 11 is 1.34. The highest BCUT2D eigenvalue weighted by Crippen LogP contribution is 2.24. The Hall–Kier alpha value is -1.70. The maximum atomic E-state index is 12.7. The Morgan fingerprint density at radius 1 is 1.22 bits per heavy atom. The van der Waals surface area contributed by atoms with Crippen molar-refractivity contribution in [3.8, 4) is 0 Å². The van der Waals surface area contributed by atoms with Gasteiger partial charge < -0.3 is 5.32 Å². The number of nitrogens with one attached hydrogen (secondary N) is 1. The van der Waals surface area contributed by atoms with Crippen LogP contribution in [0.1, 0.15) is 29.1 Å². The molecule has 1 aromatic carbocycles. The minimum absolute atomic E-state index is 0.227. The Labute approximate surface area is 141 Å². The van der Waals surface area contributed by atoms with Gasteiger partial charge in [0.15, 0.2) is 0 Å². The SMILES string of the molecule is CCN(CC)S(=O)(=O)c1cc(NC(=O)c2cccs2)ccc1C. The first-order valence-corrected chi connectivity index (χ1v) is 9.67. The Morgan fingerprint density at radius 3 is 2.48 bits per heavy atom. The first-order chi connectivity index (χ1) is 10.9. The van der Waals surface area contributed by atoms with Crippen LogP contribution < -0.4 is 5.32 Å². The first-order valence-electron chi connectivity index (χ1n) is 7.35. The van der Waals surface area contributed by atoms with Gasteiger partial charge >= 0.3 is 0 Å². The largest absolute Gasteiger partial charge is 0.321 e. The molecule has 1 N–H and O–H groups in total. The smallest absolute Gasteiger partial charge is 0.265 e. The molecule has 1 aromatic heterocycles. The van der Waals surface area contributed by atoms with Gasteiger partial charge in [-0.05, 0) is 36.1 Å². The lowest BCUT2D eigenvalue weighted by Crippen LogP contribution is -2.31. The summed E-state index contributed by atoms with van der Waals surface area (Å²) in [6.07, 6.45) is 0. The molecule has 23 heavy (non-hydrogen) atoms. The van der Waals surface area contributed by atoms with Crippen LogP contribution in [0.2, 0.25) is 0 Å². The van der Waals surface area contributed by atoms with Crippen LogP contribution in [-0.4, -0.2) is 31.7 Å². The van der Waals surface area contributed by atoms with Gasteiger partial charge in [-0.2, -0.15) is 4.31 Å². The predicted molar refractivity (Wildman–Crippen MR) is 93.6 cm³/mol. The van der Waals surface area contributed by atoms with E-state index in [4.69, 9.17) is 0 Å². The fourth-order valence-corrected chi connectivity index (χ4v) is 4.59. The molecule has 0 spiro atoms. The zero-order valence-electron chi connectivity index (χ0n) is 13.4. The van der Waals surface area contributed by atoms with Crippen LogP contribution in [0.3, 0.4) is 0 Å². The highest BCUT2D eigenvalue weighted by atomic mass is 32.2. The summed E-state index contributed by atoms with van der Waals surface area (Å²) in [4.78, 5) is 12.9. The Balaban J connectivity index is 2.34. The van der Waals surface area contributed by atoms with E-state index in [-0.39, 0.29) is 10.8 Å². The van der Waals surface area contributed by atoms with Gasteiger partial charge in [0, 0.05) is 18.8 Å². The molecule has 0 aliphatic carbocycles. The molecule has 0 radical (unpaired) electrons. The molecule has 0 aliphatic rings. The lowest BCUT2D eigenvalue weighted by Gasteiger charge is -2.20. The van der Waals surface area contributed by atoms with Gasteiger partial charge in [-0.3, -0.25) is 4.79 Å². The molecule has 7 heteroatoms. The van der Waals surface area contributed by atoms with Gasteiger partial charge in [-0.1, -0.05) is 26.0 Å². The summed E-state index contributed by atoms with van der Waals surface area (Å²) in [6, 6.07) is 8.46. The second kappa shape index (κ2) is 7.25. The maximum Gasteiger partial charge on any atom is 0.265 e. The number of rotatable bonds is 6. The topological polar surface area (TPSA) is 66.5 Å². The second-order valence-corrected chi connectivity index (χ2v) is 7.86. The normalized spacial score (nSPS) is 11.7. The van der Waals surface area contributed by atoms with Gasteiger partial charge in [-0.15, -0.1) is 11.3 Å². The van der Waals surface area contributed by atoms with Crippen molar-refractivity contribution in [2.24, 2.45) is 0 Å². The molecule has 0 unspecified atom stereocenters. The van der Waals surface area contributed by atoms with Crippen LogP contribution in [0.25, 0.3) is 0 Å². The minimum Gasteiger partial charge on any atom is -0.321 e. The standard InChI is InChI=1S/C16H20N2O3S2/c1-4-18(5-2)23(20,21)15-11-13(9-8-12(15)3)17-16(19)14-7-6-10-22-14/h6-11H,4-5H2,1-3H3,(H,17,19). The van der Waals surface area contributed by atoms with E-state index >= 15 is 0 Å². The lowest BCUT2D eigenvalue weighted by molar-refractivity contribution is 0.103. The highest BCUT2D eigenvalue weighted by Gasteiger charge is 2.24. The fraction of sp³-hybridized carbons (Fsp3) is 0.312. The van der Waals surface area contributed by atoms with Crippen LogP contribution >= 0.6 is 11.3 Å². The van der Waals surface area contributed by atoms with Crippen LogP contribution in [-0.2, 0) is 10.0 Å². The van der Waals surface area contributed by atoms with E-state index in [2.05, 4.69) is 5.32 Å². The van der Waals surface area contributed by atoms with Crippen LogP contribution in [0.4, 0.5) is 5.69 Å². The van der Waals surface area contributed by atoms with Crippen molar-refractivity contribution in [1.82, 2.24) is 4.31 Å². The minimum atomic E-state index is -3.56. The molecular weight excluding hydrogens is 332 g/mol. The van der Waals surface area contributed by atoms with E-state index in [9.17, 15) is 13.2 Å². The summed E-state index contributed by atoms with van der Waals surface area (Å²) < 4.78 is 26.8. The van der Waals surface area contributed by atoms with Gasteiger partial charge in [0.05, 0.1) is 9.77 Å². The van der Waals surface area contributed by atoms with E-state index in [1.807, 2.05) is 5.38 Å². The predicted octanol–water partition coefficient (Wildman–Crippen LogP) is 3.34. The summed E-state index contributed by atoms with van der Waals surface area (Å²) in [5.74, 6) is -0.241. The summed E-state index contributed by atoms with van der Waals surface area (Å²) in [7, 11) is -3.56. The van der Waals surface area contributed by atoms with Crippen LogP contribution in [0.15, 0.2) is 40.6 Å². The van der Waals surface area contributed by atoms with Crippen molar-refractivity contribution in [2.45, 2.75) is 25.7 Å². The van der Waals surface area contributed by atoms with Crippen molar-refractivity contribution in [3.63, 3.8) is 0 Å². The molecule has 2 rings (SSSR count). The van der Waals surface area contributed by atoms with E-state index < -0.39 is 10.0 Å². The van der Waals surface area contributed by atoms with Gasteiger partial charge in [0.1, 0.15) is 0 Å². The van der Waals surface area contributed by atoms with Crippen molar-refractivity contribution in [3.05, 3.63) is 46.2 Å². The first kappa shape index (κ1) is 17.7. The maximum absolute atomic E-state index is 12.7. The molecule has 0 atom stereocenters. The van der Waals surface area contributed by atoms with Crippen LogP contribution in [0, 0.1) is 6.92 Å². The second-order valence-electron chi connectivity index (χ2n) is 5.00. The molecule has 0 bridgehead atoms. The molecule has 0 aliphatic heterocycles. The Bertz CT molecular complexity index is 780. The number of thiophene rings is 1. The number of carbonyl (C=O) groups excluding carboxylic acids is 1. The van der Waals surface area contributed by atoms with Gasteiger partial charge in [-0.25, -0.2) is 8.42 Å². The number of hydrogen-bond acceptors (Lipinski definition) is 4. The van der Waals surface area contributed by atoms with Gasteiger partial charge in [0.25, 0.3) is 5.91 Å². The van der Waals surface area contributed by atoms with E-state index in [0.29, 0.717) is 29.2 Å². The number of aryl methyl sites for hydroxylation is 1. The molecule has 5 nitrogen and oxygen atoms in total. The third-order valence-corrected chi connectivity index (χ3v) is 6.57. The summed E-state index contributed by atoms with van der Waals surface area (Å²) in [6.45, 7) is 6.17. The van der Waals surface area contributed by atoms with E-state index in [1.165, 1.54) is 21.7 Å². The molecule has 0 fully saturated rings. The average molecular weight is 352 g/mol. The number of carbonyl (C=O) groups is 1. The number of anilines is 1. The highest BCUT2D eigenvalue weighted by molar-refractivity contribution is 7.89. The number of amides is 1. The third-order valence-electron chi connectivity index (χ3n) is 3.51. The summed E-state index contributed by atoms with van der Waals surface area (Å²) in [5.41, 5.74) is 1.13. The average Bonchev–Trinajstić information content (AvgIpc) is 3.04. The van der Waals surface area contributed by atoms with Gasteiger partial charge in [0.2, 0.25) is 10.0 Å². The van der Waals surface area contributed by atoms with Crippen molar-refractivity contribution in [2.75, 3.05) is 18.4 Å². The number of benzene rings is 1. The zero-order chi connectivity index (χ0) is 17.0. The molecule has 0 saturated heterocycles. The fourth-order valence-electron chi connectivity index (χ4n) is 2.26. The quantitative estimate of drug-likeness (QED) is 0.867. The molecule has 124 valence electrons.